The zero-order chi connectivity index (χ0) is 14.5. The molecule has 0 aliphatic carbocycles. The molecule has 1 amide bonds. The van der Waals surface area contributed by atoms with E-state index in [1.165, 1.54) is 4.90 Å². The molecule has 0 radical (unpaired) electrons. The predicted molar refractivity (Wildman–Crippen MR) is 77.5 cm³/mol. The van der Waals surface area contributed by atoms with Crippen LogP contribution >= 0.6 is 0 Å². The molecular weight excluding hydrogens is 264 g/mol. The lowest BCUT2D eigenvalue weighted by Crippen LogP contribution is -2.40. The van der Waals surface area contributed by atoms with E-state index in [1.807, 2.05) is 20.8 Å². The topological polar surface area (TPSA) is 69.6 Å². The summed E-state index contributed by atoms with van der Waals surface area (Å²) in [5, 5.41) is 9.03. The van der Waals surface area contributed by atoms with Gasteiger partial charge in [0.05, 0.1) is 15.7 Å². The monoisotopic (exact) mass is 290 g/mol. The molecule has 112 valence electrons. The van der Waals surface area contributed by atoms with Crippen molar-refractivity contribution in [3.8, 4) is 0 Å². The summed E-state index contributed by atoms with van der Waals surface area (Å²) in [6.07, 6.45) is 3.70. The van der Waals surface area contributed by atoms with Crippen LogP contribution in [0.3, 0.4) is 0 Å². The number of carboxylic acid groups (broad SMARTS) is 1. The standard InChI is InChI=1S/C13H26N2O3S/c1-13(2,3)19(18)14-11-7-4-5-9-15(12(16)17)10-6-8-11/h11,14H,4-10H2,1-3H3,(H,16,17). The molecule has 19 heavy (non-hydrogen) atoms. The van der Waals surface area contributed by atoms with Crippen LogP contribution in [0.15, 0.2) is 0 Å². The van der Waals surface area contributed by atoms with Gasteiger partial charge in [0.15, 0.2) is 0 Å². The second-order valence-electron chi connectivity index (χ2n) is 6.10. The minimum absolute atomic E-state index is 0.230. The fourth-order valence-electron chi connectivity index (χ4n) is 2.12. The van der Waals surface area contributed by atoms with Gasteiger partial charge in [-0.3, -0.25) is 0 Å². The second kappa shape index (κ2) is 7.24. The highest BCUT2D eigenvalue weighted by Crippen LogP contribution is 2.16. The van der Waals surface area contributed by atoms with Gasteiger partial charge in [-0.15, -0.1) is 0 Å². The van der Waals surface area contributed by atoms with Crippen LogP contribution in [0.1, 0.15) is 52.9 Å². The normalized spacial score (nSPS) is 24.2. The van der Waals surface area contributed by atoms with E-state index in [0.717, 1.165) is 32.1 Å². The molecule has 0 bridgehead atoms. The number of rotatable bonds is 2. The van der Waals surface area contributed by atoms with Crippen molar-refractivity contribution in [2.45, 2.75) is 63.7 Å². The third kappa shape index (κ3) is 5.91. The van der Waals surface area contributed by atoms with Crippen LogP contribution in [0.5, 0.6) is 0 Å². The molecule has 6 heteroatoms. The maximum absolute atomic E-state index is 12.1. The molecule has 0 aromatic carbocycles. The van der Waals surface area contributed by atoms with E-state index in [0.29, 0.717) is 13.1 Å². The van der Waals surface area contributed by atoms with Crippen LogP contribution in [-0.2, 0) is 11.0 Å². The highest BCUT2D eigenvalue weighted by molar-refractivity contribution is 7.84. The van der Waals surface area contributed by atoms with Crippen LogP contribution in [0.25, 0.3) is 0 Å². The molecular formula is C13H26N2O3S. The fraction of sp³-hybridized carbons (Fsp3) is 0.923. The molecule has 0 aromatic heterocycles. The SMILES string of the molecule is CC(C)(C)S(=O)NC1CCCCN(C(=O)O)CCC1. The maximum Gasteiger partial charge on any atom is 0.407 e. The number of carbonyl (C=O) groups is 1. The zero-order valence-electron chi connectivity index (χ0n) is 12.1. The summed E-state index contributed by atoms with van der Waals surface area (Å²) in [7, 11) is -1.05. The number of hydrogen-bond acceptors (Lipinski definition) is 2. The Hall–Kier alpha value is -0.620. The average molecular weight is 290 g/mol. The van der Waals surface area contributed by atoms with Crippen molar-refractivity contribution in [1.29, 1.82) is 0 Å². The highest BCUT2D eigenvalue weighted by Gasteiger charge is 2.23. The largest absolute Gasteiger partial charge is 0.465 e. The van der Waals surface area contributed by atoms with E-state index in [-0.39, 0.29) is 10.8 Å². The summed E-state index contributed by atoms with van der Waals surface area (Å²) in [6.45, 7) is 7.06. The summed E-state index contributed by atoms with van der Waals surface area (Å²) in [5.41, 5.74) is 0. The Kier molecular flexibility index (Phi) is 6.26. The van der Waals surface area contributed by atoms with Crippen molar-refractivity contribution in [1.82, 2.24) is 9.62 Å². The average Bonchev–Trinajstić information content (AvgIpc) is 2.39. The molecule has 1 aliphatic rings. The van der Waals surface area contributed by atoms with Crippen LogP contribution in [0, 0.1) is 0 Å². The number of nitrogens with zero attached hydrogens (tertiary/aromatic N) is 1. The van der Waals surface area contributed by atoms with Gasteiger partial charge in [-0.1, -0.05) is 6.42 Å². The molecule has 0 spiro atoms. The fourth-order valence-corrected chi connectivity index (χ4v) is 3.01. The Labute approximate surface area is 118 Å². The Balaban J connectivity index is 2.49. The first-order valence-corrected chi connectivity index (χ1v) is 8.11. The van der Waals surface area contributed by atoms with E-state index >= 15 is 0 Å². The molecule has 1 fully saturated rings. The van der Waals surface area contributed by atoms with Crippen molar-refractivity contribution in [2.24, 2.45) is 0 Å². The lowest BCUT2D eigenvalue weighted by atomic mass is 10.1. The van der Waals surface area contributed by atoms with Crippen LogP contribution in [0.2, 0.25) is 0 Å². The minimum atomic E-state index is -1.05. The molecule has 1 rings (SSSR count). The molecule has 1 heterocycles. The first-order valence-electron chi connectivity index (χ1n) is 6.96. The van der Waals surface area contributed by atoms with E-state index in [9.17, 15) is 9.00 Å². The predicted octanol–water partition coefficient (Wildman–Crippen LogP) is 2.35. The number of nitrogens with one attached hydrogen (secondary N) is 1. The first kappa shape index (κ1) is 16.4. The quantitative estimate of drug-likeness (QED) is 0.820. The van der Waals surface area contributed by atoms with Gasteiger partial charge in [-0.25, -0.2) is 13.7 Å². The van der Waals surface area contributed by atoms with Gasteiger partial charge in [0.1, 0.15) is 0 Å². The molecule has 2 unspecified atom stereocenters. The summed E-state index contributed by atoms with van der Waals surface area (Å²) in [4.78, 5) is 12.5. The van der Waals surface area contributed by atoms with Gasteiger partial charge < -0.3 is 10.0 Å². The van der Waals surface area contributed by atoms with Crippen molar-refractivity contribution in [2.75, 3.05) is 13.1 Å². The summed E-state index contributed by atoms with van der Waals surface area (Å²) >= 11 is 0. The van der Waals surface area contributed by atoms with Crippen molar-refractivity contribution in [3.63, 3.8) is 0 Å². The molecule has 0 saturated carbocycles. The van der Waals surface area contributed by atoms with Gasteiger partial charge in [0.2, 0.25) is 0 Å². The van der Waals surface area contributed by atoms with E-state index < -0.39 is 17.1 Å². The van der Waals surface area contributed by atoms with Gasteiger partial charge in [-0.05, 0) is 46.5 Å². The van der Waals surface area contributed by atoms with E-state index in [2.05, 4.69) is 4.72 Å². The van der Waals surface area contributed by atoms with Crippen molar-refractivity contribution >= 4 is 17.1 Å². The smallest absolute Gasteiger partial charge is 0.407 e. The second-order valence-corrected chi connectivity index (χ2v) is 8.10. The molecule has 2 atom stereocenters. The molecule has 2 N–H and O–H groups in total. The van der Waals surface area contributed by atoms with E-state index in [4.69, 9.17) is 5.11 Å². The van der Waals surface area contributed by atoms with Crippen LogP contribution in [-0.4, -0.2) is 44.2 Å². The van der Waals surface area contributed by atoms with Gasteiger partial charge in [0.25, 0.3) is 0 Å². The third-order valence-electron chi connectivity index (χ3n) is 3.31. The lowest BCUT2D eigenvalue weighted by molar-refractivity contribution is 0.144. The Morgan fingerprint density at radius 3 is 2.37 bits per heavy atom. The van der Waals surface area contributed by atoms with Gasteiger partial charge in [0, 0.05) is 19.1 Å². The Morgan fingerprint density at radius 1 is 1.21 bits per heavy atom. The third-order valence-corrected chi connectivity index (χ3v) is 4.97. The van der Waals surface area contributed by atoms with E-state index in [1.54, 1.807) is 0 Å². The zero-order valence-corrected chi connectivity index (χ0v) is 13.0. The van der Waals surface area contributed by atoms with Crippen molar-refractivity contribution in [3.05, 3.63) is 0 Å². The molecule has 0 aromatic rings. The molecule has 1 saturated heterocycles. The number of amides is 1. The van der Waals surface area contributed by atoms with Crippen LogP contribution in [0.4, 0.5) is 4.79 Å². The minimum Gasteiger partial charge on any atom is -0.465 e. The van der Waals surface area contributed by atoms with Gasteiger partial charge in [-0.2, -0.15) is 0 Å². The van der Waals surface area contributed by atoms with Gasteiger partial charge >= 0.3 is 6.09 Å². The summed E-state index contributed by atoms with van der Waals surface area (Å²) in [6, 6.07) is 0.230. The summed E-state index contributed by atoms with van der Waals surface area (Å²) in [5.74, 6) is 0. The van der Waals surface area contributed by atoms with Crippen molar-refractivity contribution < 1.29 is 14.1 Å². The van der Waals surface area contributed by atoms with Crippen LogP contribution < -0.4 is 4.72 Å². The first-order chi connectivity index (χ1) is 8.80. The molecule has 1 aliphatic heterocycles. The molecule has 5 nitrogen and oxygen atoms in total. The summed E-state index contributed by atoms with van der Waals surface area (Å²) < 4.78 is 15.0. The lowest BCUT2D eigenvalue weighted by Gasteiger charge is -2.24. The number of hydrogen-bond donors (Lipinski definition) is 2. The highest BCUT2D eigenvalue weighted by atomic mass is 32.2. The maximum atomic E-state index is 12.1. The Morgan fingerprint density at radius 2 is 1.79 bits per heavy atom. The Bertz CT molecular complexity index is 328.